The van der Waals surface area contributed by atoms with Crippen molar-refractivity contribution in [3.8, 4) is 17.3 Å². The quantitative estimate of drug-likeness (QED) is 0.393. The van der Waals surface area contributed by atoms with E-state index in [1.54, 1.807) is 17.4 Å². The standard InChI is InChI=1S/C23H22ClN7O2S/c1-23(6-7-23)33-21-18-20(26-11-27-21)31(10-17-29-30-22(34-17)13-3-4-13)19(28-18)14-5-2-12(8-15(14)24)9-16(25)32/h2,5,8,11,13H,3-4,6-7,9-10H2,1H3,(H2,25,32). The number of carbonyl (C=O) groups excluding carboxylic acids is 1. The van der Waals surface area contributed by atoms with Gasteiger partial charge in [-0.25, -0.2) is 9.97 Å². The minimum absolute atomic E-state index is 0.118. The van der Waals surface area contributed by atoms with Crippen LogP contribution in [0.5, 0.6) is 5.88 Å². The zero-order valence-corrected chi connectivity index (χ0v) is 20.1. The van der Waals surface area contributed by atoms with E-state index < -0.39 is 5.91 Å². The normalized spacial score (nSPS) is 16.6. The molecule has 0 spiro atoms. The van der Waals surface area contributed by atoms with Crippen LogP contribution in [0.4, 0.5) is 0 Å². The summed E-state index contributed by atoms with van der Waals surface area (Å²) < 4.78 is 8.16. The Labute approximate surface area is 204 Å². The van der Waals surface area contributed by atoms with Crippen LogP contribution in [-0.2, 0) is 17.8 Å². The zero-order chi connectivity index (χ0) is 23.4. The first-order valence-electron chi connectivity index (χ1n) is 11.2. The number of fused-ring (bicyclic) bond motifs is 1. The molecule has 3 heterocycles. The summed E-state index contributed by atoms with van der Waals surface area (Å²) in [6.07, 6.45) is 5.93. The van der Waals surface area contributed by atoms with Gasteiger partial charge in [-0.1, -0.05) is 29.0 Å². The number of amides is 1. The highest BCUT2D eigenvalue weighted by molar-refractivity contribution is 7.11. The number of aromatic nitrogens is 6. The monoisotopic (exact) mass is 495 g/mol. The molecule has 2 aliphatic rings. The third kappa shape index (κ3) is 4.12. The molecule has 2 saturated carbocycles. The second-order valence-electron chi connectivity index (χ2n) is 9.19. The molecule has 174 valence electrons. The number of benzene rings is 1. The molecule has 1 aromatic carbocycles. The summed E-state index contributed by atoms with van der Waals surface area (Å²) in [5, 5.41) is 11.2. The maximum absolute atomic E-state index is 11.3. The number of carbonyl (C=O) groups is 1. The zero-order valence-electron chi connectivity index (χ0n) is 18.5. The molecule has 0 radical (unpaired) electrons. The summed E-state index contributed by atoms with van der Waals surface area (Å²) >= 11 is 8.28. The Hall–Kier alpha value is -3.11. The van der Waals surface area contributed by atoms with Gasteiger partial charge in [0.05, 0.1) is 18.0 Å². The third-order valence-electron chi connectivity index (χ3n) is 6.15. The number of nitrogens with zero attached hydrogens (tertiary/aromatic N) is 6. The van der Waals surface area contributed by atoms with Crippen molar-refractivity contribution in [2.24, 2.45) is 5.73 Å². The molecule has 9 nitrogen and oxygen atoms in total. The van der Waals surface area contributed by atoms with Gasteiger partial charge in [-0.3, -0.25) is 4.79 Å². The van der Waals surface area contributed by atoms with Gasteiger partial charge in [0, 0.05) is 11.5 Å². The molecule has 2 fully saturated rings. The van der Waals surface area contributed by atoms with Crippen LogP contribution in [0.15, 0.2) is 24.5 Å². The molecule has 0 atom stereocenters. The lowest BCUT2D eigenvalue weighted by molar-refractivity contribution is -0.117. The van der Waals surface area contributed by atoms with E-state index in [0.29, 0.717) is 45.9 Å². The van der Waals surface area contributed by atoms with Crippen molar-refractivity contribution < 1.29 is 9.53 Å². The molecule has 4 aromatic rings. The van der Waals surface area contributed by atoms with Gasteiger partial charge in [-0.15, -0.1) is 10.2 Å². The van der Waals surface area contributed by atoms with E-state index in [1.807, 2.05) is 16.7 Å². The van der Waals surface area contributed by atoms with E-state index in [9.17, 15) is 4.79 Å². The van der Waals surface area contributed by atoms with Gasteiger partial charge in [0.2, 0.25) is 11.8 Å². The lowest BCUT2D eigenvalue weighted by atomic mass is 10.1. The van der Waals surface area contributed by atoms with Crippen LogP contribution < -0.4 is 10.5 Å². The predicted molar refractivity (Wildman–Crippen MR) is 128 cm³/mol. The molecule has 6 rings (SSSR count). The Kier molecular flexibility index (Phi) is 5.03. The van der Waals surface area contributed by atoms with Crippen molar-refractivity contribution in [1.29, 1.82) is 0 Å². The summed E-state index contributed by atoms with van der Waals surface area (Å²) in [5.74, 6) is 1.21. The van der Waals surface area contributed by atoms with Crippen LogP contribution >= 0.6 is 22.9 Å². The van der Waals surface area contributed by atoms with Crippen LogP contribution in [0.3, 0.4) is 0 Å². The third-order valence-corrected chi connectivity index (χ3v) is 7.53. The van der Waals surface area contributed by atoms with Crippen LogP contribution in [0.1, 0.15) is 54.1 Å². The van der Waals surface area contributed by atoms with Gasteiger partial charge in [0.1, 0.15) is 27.8 Å². The van der Waals surface area contributed by atoms with Crippen LogP contribution in [0.2, 0.25) is 5.02 Å². The molecule has 34 heavy (non-hydrogen) atoms. The van der Waals surface area contributed by atoms with E-state index in [2.05, 4.69) is 27.1 Å². The van der Waals surface area contributed by atoms with Gasteiger partial charge in [-0.2, -0.15) is 4.98 Å². The molecule has 0 unspecified atom stereocenters. The predicted octanol–water partition coefficient (Wildman–Crippen LogP) is 3.88. The molecule has 0 aliphatic heterocycles. The van der Waals surface area contributed by atoms with Crippen molar-refractivity contribution in [3.63, 3.8) is 0 Å². The molecule has 2 aliphatic carbocycles. The highest BCUT2D eigenvalue weighted by atomic mass is 35.5. The highest BCUT2D eigenvalue weighted by Crippen LogP contribution is 2.43. The first-order valence-corrected chi connectivity index (χ1v) is 12.4. The Morgan fingerprint density at radius 3 is 2.82 bits per heavy atom. The number of nitrogens with two attached hydrogens (primary N) is 1. The summed E-state index contributed by atoms with van der Waals surface area (Å²) in [6.45, 7) is 2.51. The molecule has 0 bridgehead atoms. The molecule has 3 aromatic heterocycles. The topological polar surface area (TPSA) is 122 Å². The van der Waals surface area contributed by atoms with E-state index in [4.69, 9.17) is 27.1 Å². The summed E-state index contributed by atoms with van der Waals surface area (Å²) in [7, 11) is 0. The van der Waals surface area contributed by atoms with Crippen LogP contribution in [0, 0.1) is 0 Å². The molecule has 2 N–H and O–H groups in total. The number of ether oxygens (including phenoxy) is 1. The van der Waals surface area contributed by atoms with Gasteiger partial charge in [0.15, 0.2) is 11.2 Å². The fraction of sp³-hybridized carbons (Fsp3) is 0.391. The smallest absolute Gasteiger partial charge is 0.245 e. The minimum atomic E-state index is -0.413. The average molecular weight is 496 g/mol. The molecular weight excluding hydrogens is 474 g/mol. The van der Waals surface area contributed by atoms with Gasteiger partial charge < -0.3 is 15.0 Å². The largest absolute Gasteiger partial charge is 0.470 e. The molecular formula is C23H22ClN7O2S. The maximum atomic E-state index is 11.3. The second kappa shape index (κ2) is 7.99. The van der Waals surface area contributed by atoms with Crippen molar-refractivity contribution in [3.05, 3.63) is 45.1 Å². The first-order chi connectivity index (χ1) is 16.4. The van der Waals surface area contributed by atoms with Gasteiger partial charge in [-0.05, 0) is 50.3 Å². The van der Waals surface area contributed by atoms with E-state index in [1.165, 1.54) is 19.2 Å². The van der Waals surface area contributed by atoms with E-state index in [-0.39, 0.29) is 12.0 Å². The lowest BCUT2D eigenvalue weighted by Crippen LogP contribution is -2.13. The Morgan fingerprint density at radius 1 is 1.29 bits per heavy atom. The number of halogens is 1. The van der Waals surface area contributed by atoms with Crippen molar-refractivity contribution in [2.75, 3.05) is 0 Å². The number of hydrogen-bond donors (Lipinski definition) is 1. The summed E-state index contributed by atoms with van der Waals surface area (Å²) in [5.41, 5.74) is 7.81. The number of imidazole rings is 1. The fourth-order valence-electron chi connectivity index (χ4n) is 3.87. The van der Waals surface area contributed by atoms with Crippen molar-refractivity contribution in [2.45, 2.75) is 57.1 Å². The molecule has 1 amide bonds. The minimum Gasteiger partial charge on any atom is -0.470 e. The second-order valence-corrected chi connectivity index (χ2v) is 10.7. The molecule has 0 saturated heterocycles. The maximum Gasteiger partial charge on any atom is 0.245 e. The Bertz CT molecular complexity index is 1420. The van der Waals surface area contributed by atoms with Gasteiger partial charge >= 0.3 is 0 Å². The summed E-state index contributed by atoms with van der Waals surface area (Å²) in [6, 6.07) is 5.43. The number of rotatable bonds is 8. The number of primary amides is 1. The number of hydrogen-bond acceptors (Lipinski definition) is 8. The van der Waals surface area contributed by atoms with Crippen LogP contribution in [0.25, 0.3) is 22.6 Å². The van der Waals surface area contributed by atoms with Crippen molar-refractivity contribution in [1.82, 2.24) is 29.7 Å². The van der Waals surface area contributed by atoms with Gasteiger partial charge in [0.25, 0.3) is 0 Å². The SMILES string of the molecule is CC1(Oc2ncnc3c2nc(-c2ccc(CC(N)=O)cc2Cl)n3Cc2nnc(C3CC3)s2)CC1. The lowest BCUT2D eigenvalue weighted by Gasteiger charge is -2.11. The highest BCUT2D eigenvalue weighted by Gasteiger charge is 2.41. The Balaban J connectivity index is 1.46. The van der Waals surface area contributed by atoms with E-state index in [0.717, 1.165) is 28.4 Å². The average Bonchev–Trinajstić information content (AvgIpc) is 3.69. The van der Waals surface area contributed by atoms with Crippen molar-refractivity contribution >= 4 is 40.0 Å². The Morgan fingerprint density at radius 2 is 2.12 bits per heavy atom. The van der Waals surface area contributed by atoms with Crippen LogP contribution in [-0.4, -0.2) is 41.2 Å². The van der Waals surface area contributed by atoms with E-state index >= 15 is 0 Å². The molecule has 11 heteroatoms. The summed E-state index contributed by atoms with van der Waals surface area (Å²) in [4.78, 5) is 25.1. The fourth-order valence-corrected chi connectivity index (χ4v) is 5.16. The first kappa shape index (κ1) is 21.4.